The fraction of sp³-hybridized carbons (Fsp3) is 0.636. The predicted molar refractivity (Wildman–Crippen MR) is 133 cm³/mol. The summed E-state index contributed by atoms with van der Waals surface area (Å²) < 4.78 is 0. The first-order chi connectivity index (χ1) is 13.7. The molecular formula is C22H35IN4OS. The highest BCUT2D eigenvalue weighted by Gasteiger charge is 2.32. The van der Waals surface area contributed by atoms with Gasteiger partial charge in [0.2, 0.25) is 5.91 Å². The summed E-state index contributed by atoms with van der Waals surface area (Å²) in [5.41, 5.74) is 1.29. The Morgan fingerprint density at radius 3 is 2.62 bits per heavy atom. The molecule has 1 amide bonds. The van der Waals surface area contributed by atoms with Crippen molar-refractivity contribution in [2.24, 2.45) is 10.9 Å². The van der Waals surface area contributed by atoms with Crippen LogP contribution in [0.3, 0.4) is 0 Å². The number of carbonyl (C=O) groups excluding carboxylic acids is 1. The van der Waals surface area contributed by atoms with E-state index in [-0.39, 0.29) is 29.9 Å². The smallest absolute Gasteiger partial charge is 0.225 e. The molecule has 0 aromatic heterocycles. The van der Waals surface area contributed by atoms with Gasteiger partial charge in [0.1, 0.15) is 0 Å². The van der Waals surface area contributed by atoms with E-state index in [0.717, 1.165) is 57.2 Å². The van der Waals surface area contributed by atoms with Gasteiger partial charge >= 0.3 is 0 Å². The number of halogens is 1. The van der Waals surface area contributed by atoms with Gasteiger partial charge in [0.05, 0.1) is 6.54 Å². The van der Waals surface area contributed by atoms with E-state index in [0.29, 0.717) is 11.9 Å². The topological polar surface area (TPSA) is 56.7 Å². The summed E-state index contributed by atoms with van der Waals surface area (Å²) in [5, 5.41) is 6.88. The van der Waals surface area contributed by atoms with Crippen LogP contribution in [-0.2, 0) is 4.79 Å². The van der Waals surface area contributed by atoms with Gasteiger partial charge in [-0.25, -0.2) is 0 Å². The van der Waals surface area contributed by atoms with Gasteiger partial charge in [-0.2, -0.15) is 0 Å². The van der Waals surface area contributed by atoms with Gasteiger partial charge in [-0.05, 0) is 45.2 Å². The van der Waals surface area contributed by atoms with Crippen molar-refractivity contribution in [1.29, 1.82) is 0 Å². The van der Waals surface area contributed by atoms with E-state index in [1.165, 1.54) is 23.3 Å². The number of thioether (sulfide) groups is 1. The molecule has 1 saturated carbocycles. The van der Waals surface area contributed by atoms with E-state index in [1.807, 2.05) is 11.8 Å². The van der Waals surface area contributed by atoms with E-state index < -0.39 is 0 Å². The van der Waals surface area contributed by atoms with Gasteiger partial charge < -0.3 is 15.5 Å². The van der Waals surface area contributed by atoms with Crippen molar-refractivity contribution >= 4 is 47.6 Å². The lowest BCUT2D eigenvalue weighted by atomic mass is 10.1. The average molecular weight is 531 g/mol. The minimum absolute atomic E-state index is 0. The van der Waals surface area contributed by atoms with Crippen LogP contribution in [0.4, 0.5) is 0 Å². The summed E-state index contributed by atoms with van der Waals surface area (Å²) in [6.07, 6.45) is 5.58. The van der Waals surface area contributed by atoms with E-state index in [4.69, 9.17) is 4.99 Å². The van der Waals surface area contributed by atoms with Crippen molar-refractivity contribution in [1.82, 2.24) is 15.5 Å². The molecule has 1 heterocycles. The molecule has 1 unspecified atom stereocenters. The number of aliphatic imine (C=N–C) groups is 1. The zero-order valence-corrected chi connectivity index (χ0v) is 20.8. The van der Waals surface area contributed by atoms with Crippen molar-refractivity contribution in [3.8, 4) is 0 Å². The lowest BCUT2D eigenvalue weighted by Gasteiger charge is -2.21. The number of nitrogens with one attached hydrogen (secondary N) is 2. The fourth-order valence-corrected chi connectivity index (χ4v) is 4.72. The van der Waals surface area contributed by atoms with Crippen molar-refractivity contribution in [2.75, 3.05) is 31.9 Å². The summed E-state index contributed by atoms with van der Waals surface area (Å²) in [5.74, 6) is 2.47. The first kappa shape index (κ1) is 24.3. The zero-order valence-electron chi connectivity index (χ0n) is 17.7. The summed E-state index contributed by atoms with van der Waals surface area (Å²) >= 11 is 1.83. The van der Waals surface area contributed by atoms with Gasteiger partial charge in [0.25, 0.3) is 0 Å². The Morgan fingerprint density at radius 1 is 1.21 bits per heavy atom. The van der Waals surface area contributed by atoms with Gasteiger partial charge in [0, 0.05) is 42.2 Å². The minimum Gasteiger partial charge on any atom is -0.357 e. The van der Waals surface area contributed by atoms with Gasteiger partial charge in [0.15, 0.2) is 5.96 Å². The SMILES string of the molecule is CCNC(=NCCSc1ccc(C)cc1)NC1CCN(C(=O)C2CCCC2)C1.I. The summed E-state index contributed by atoms with van der Waals surface area (Å²) in [6.45, 7) is 7.48. The lowest BCUT2D eigenvalue weighted by molar-refractivity contribution is -0.134. The Morgan fingerprint density at radius 2 is 1.93 bits per heavy atom. The van der Waals surface area contributed by atoms with Gasteiger partial charge in [-0.1, -0.05) is 30.5 Å². The zero-order chi connectivity index (χ0) is 19.8. The van der Waals surface area contributed by atoms with Gasteiger partial charge in [-0.3, -0.25) is 9.79 Å². The maximum absolute atomic E-state index is 12.6. The molecule has 2 aliphatic rings. The molecule has 162 valence electrons. The third-order valence-corrected chi connectivity index (χ3v) is 6.53. The van der Waals surface area contributed by atoms with Crippen molar-refractivity contribution < 1.29 is 4.79 Å². The van der Waals surface area contributed by atoms with E-state index in [1.54, 1.807) is 0 Å². The van der Waals surface area contributed by atoms with Crippen LogP contribution in [0, 0.1) is 12.8 Å². The van der Waals surface area contributed by atoms with Crippen LogP contribution < -0.4 is 10.6 Å². The quantitative estimate of drug-likeness (QED) is 0.184. The monoisotopic (exact) mass is 530 g/mol. The highest BCUT2D eigenvalue weighted by Crippen LogP contribution is 2.27. The summed E-state index contributed by atoms with van der Waals surface area (Å²) in [7, 11) is 0. The number of nitrogens with zero attached hydrogens (tertiary/aromatic N) is 2. The molecule has 1 aliphatic carbocycles. The van der Waals surface area contributed by atoms with Crippen molar-refractivity contribution in [3.05, 3.63) is 29.8 Å². The van der Waals surface area contributed by atoms with Crippen molar-refractivity contribution in [3.63, 3.8) is 0 Å². The molecule has 2 fully saturated rings. The first-order valence-electron chi connectivity index (χ1n) is 10.7. The largest absolute Gasteiger partial charge is 0.357 e. The lowest BCUT2D eigenvalue weighted by Crippen LogP contribution is -2.45. The van der Waals surface area contributed by atoms with Crippen LogP contribution in [0.5, 0.6) is 0 Å². The Balaban J connectivity index is 0.00000300. The molecule has 2 N–H and O–H groups in total. The van der Waals surface area contributed by atoms with Crippen molar-refractivity contribution in [2.45, 2.75) is 56.9 Å². The molecule has 29 heavy (non-hydrogen) atoms. The molecule has 1 atom stereocenters. The standard InChI is InChI=1S/C22H34N4OS.HI/c1-3-23-22(24-13-15-28-20-10-8-17(2)9-11-20)25-19-12-14-26(16-19)21(27)18-6-4-5-7-18;/h8-11,18-19H,3-7,12-16H2,1-2H3,(H2,23,24,25);1H. The molecule has 1 aliphatic heterocycles. The Labute approximate surface area is 196 Å². The second-order valence-corrected chi connectivity index (χ2v) is 8.99. The molecule has 1 aromatic carbocycles. The van der Waals surface area contributed by atoms with Crippen LogP contribution in [-0.4, -0.2) is 54.7 Å². The second-order valence-electron chi connectivity index (χ2n) is 7.82. The number of rotatable bonds is 7. The number of aryl methyl sites for hydroxylation is 1. The number of benzene rings is 1. The third kappa shape index (κ3) is 7.66. The van der Waals surface area contributed by atoms with E-state index in [9.17, 15) is 4.79 Å². The molecule has 0 radical (unpaired) electrons. The number of hydrogen-bond acceptors (Lipinski definition) is 3. The molecule has 1 saturated heterocycles. The third-order valence-electron chi connectivity index (χ3n) is 5.54. The second kappa shape index (κ2) is 12.7. The Hall–Kier alpha value is -0.960. The Bertz CT molecular complexity index is 661. The Kier molecular flexibility index (Phi) is 10.6. The molecule has 5 nitrogen and oxygen atoms in total. The van der Waals surface area contributed by atoms with Crippen LogP contribution in [0.15, 0.2) is 34.2 Å². The maximum Gasteiger partial charge on any atom is 0.225 e. The number of carbonyl (C=O) groups is 1. The molecule has 0 spiro atoms. The van der Waals surface area contributed by atoms with E-state index in [2.05, 4.69) is 53.6 Å². The first-order valence-corrected chi connectivity index (χ1v) is 11.7. The highest BCUT2D eigenvalue weighted by atomic mass is 127. The number of likely N-dealkylation sites (tertiary alicyclic amines) is 1. The molecule has 0 bridgehead atoms. The molecule has 3 rings (SSSR count). The van der Waals surface area contributed by atoms with Crippen LogP contribution in [0.1, 0.15) is 44.6 Å². The maximum atomic E-state index is 12.6. The summed E-state index contributed by atoms with van der Waals surface area (Å²) in [4.78, 5) is 20.7. The van der Waals surface area contributed by atoms with Crippen LogP contribution >= 0.6 is 35.7 Å². The molecule has 1 aromatic rings. The minimum atomic E-state index is 0. The highest BCUT2D eigenvalue weighted by molar-refractivity contribution is 14.0. The predicted octanol–water partition coefficient (Wildman–Crippen LogP) is 4.05. The fourth-order valence-electron chi connectivity index (χ4n) is 3.98. The van der Waals surface area contributed by atoms with Gasteiger partial charge in [-0.15, -0.1) is 35.7 Å². The normalized spacial score (nSPS) is 19.9. The number of guanidine groups is 1. The average Bonchev–Trinajstić information content (AvgIpc) is 3.38. The van der Waals surface area contributed by atoms with Crippen LogP contribution in [0.2, 0.25) is 0 Å². The summed E-state index contributed by atoms with van der Waals surface area (Å²) in [6, 6.07) is 8.93. The van der Waals surface area contributed by atoms with Crippen LogP contribution in [0.25, 0.3) is 0 Å². The molecular weight excluding hydrogens is 495 g/mol. The number of amides is 1. The molecule has 7 heteroatoms. The number of hydrogen-bond donors (Lipinski definition) is 2. The van der Waals surface area contributed by atoms with E-state index >= 15 is 0 Å².